The lowest BCUT2D eigenvalue weighted by atomic mass is 10.2. The molecule has 1 saturated heterocycles. The van der Waals surface area contributed by atoms with E-state index in [1.54, 1.807) is 12.1 Å². The maximum absolute atomic E-state index is 12.0. The van der Waals surface area contributed by atoms with E-state index in [2.05, 4.69) is 10.3 Å². The third-order valence-electron chi connectivity index (χ3n) is 3.08. The molecule has 1 amide bonds. The highest BCUT2D eigenvalue weighted by Gasteiger charge is 2.23. The Morgan fingerprint density at radius 2 is 1.77 bits per heavy atom. The molecule has 1 heterocycles. The van der Waals surface area contributed by atoms with E-state index in [-0.39, 0.29) is 5.91 Å². The molecule has 1 aliphatic rings. The molecule has 5 heteroatoms. The number of amidine groups is 1. The lowest BCUT2D eigenvalue weighted by molar-refractivity contribution is -0.115. The third kappa shape index (κ3) is 3.59. The molecule has 0 aliphatic carbocycles. The molecule has 0 radical (unpaired) electrons. The summed E-state index contributed by atoms with van der Waals surface area (Å²) in [5.74, 6) is -0.134. The van der Waals surface area contributed by atoms with Crippen LogP contribution in [0.5, 0.6) is 0 Å². The molecule has 1 N–H and O–H groups in total. The molecule has 1 aliphatic heterocycles. The van der Waals surface area contributed by atoms with Crippen LogP contribution >= 0.6 is 23.4 Å². The number of amides is 1. The van der Waals surface area contributed by atoms with Crippen LogP contribution < -0.4 is 5.32 Å². The maximum Gasteiger partial charge on any atom is 0.264 e. The van der Waals surface area contributed by atoms with Crippen LogP contribution in [0, 0.1) is 6.92 Å². The van der Waals surface area contributed by atoms with Gasteiger partial charge in [-0.2, -0.15) is 0 Å². The van der Waals surface area contributed by atoms with Gasteiger partial charge in [-0.15, -0.1) is 0 Å². The molecule has 2 aromatic carbocycles. The summed E-state index contributed by atoms with van der Waals surface area (Å²) in [7, 11) is 0. The summed E-state index contributed by atoms with van der Waals surface area (Å²) in [5, 5.41) is 4.04. The number of hydrogen-bond donors (Lipinski definition) is 1. The third-order valence-corrected chi connectivity index (χ3v) is 4.25. The van der Waals surface area contributed by atoms with Crippen LogP contribution in [0.4, 0.5) is 5.69 Å². The van der Waals surface area contributed by atoms with Gasteiger partial charge in [-0.3, -0.25) is 4.79 Å². The Hall–Kier alpha value is -2.04. The number of aryl methyl sites for hydroxylation is 1. The monoisotopic (exact) mass is 328 g/mol. The summed E-state index contributed by atoms with van der Waals surface area (Å²) in [6, 6.07) is 15.2. The minimum Gasteiger partial charge on any atom is -0.300 e. The Morgan fingerprint density at radius 3 is 2.45 bits per heavy atom. The van der Waals surface area contributed by atoms with E-state index >= 15 is 0 Å². The minimum atomic E-state index is -0.134. The summed E-state index contributed by atoms with van der Waals surface area (Å²) in [6.45, 7) is 2.02. The molecule has 0 unspecified atom stereocenters. The highest BCUT2D eigenvalue weighted by molar-refractivity contribution is 8.18. The number of carbonyl (C=O) groups is 1. The Balaban J connectivity index is 1.80. The van der Waals surface area contributed by atoms with Crippen LogP contribution in [0.2, 0.25) is 5.02 Å². The second-order valence-electron chi connectivity index (χ2n) is 4.87. The van der Waals surface area contributed by atoms with Gasteiger partial charge in [-0.1, -0.05) is 41.4 Å². The van der Waals surface area contributed by atoms with Crippen molar-refractivity contribution in [3.63, 3.8) is 0 Å². The van der Waals surface area contributed by atoms with Gasteiger partial charge < -0.3 is 5.32 Å². The van der Waals surface area contributed by atoms with Crippen LogP contribution in [-0.2, 0) is 4.79 Å². The van der Waals surface area contributed by atoms with Gasteiger partial charge in [0.1, 0.15) is 0 Å². The number of hydrogen-bond acceptors (Lipinski definition) is 3. The largest absolute Gasteiger partial charge is 0.300 e. The topological polar surface area (TPSA) is 41.5 Å². The summed E-state index contributed by atoms with van der Waals surface area (Å²) in [4.78, 5) is 17.1. The SMILES string of the molecule is Cc1ccc(N=C2NC(=O)C(=Cc3ccc(Cl)cc3)S2)cc1. The van der Waals surface area contributed by atoms with Crippen molar-refractivity contribution in [1.29, 1.82) is 0 Å². The first-order chi connectivity index (χ1) is 10.6. The zero-order chi connectivity index (χ0) is 15.5. The van der Waals surface area contributed by atoms with Crippen molar-refractivity contribution in [2.45, 2.75) is 6.92 Å². The van der Waals surface area contributed by atoms with Crippen molar-refractivity contribution < 1.29 is 4.79 Å². The number of benzene rings is 2. The fraction of sp³-hybridized carbons (Fsp3) is 0.0588. The maximum atomic E-state index is 12.0. The zero-order valence-corrected chi connectivity index (χ0v) is 13.4. The average Bonchev–Trinajstić information content (AvgIpc) is 2.84. The fourth-order valence-corrected chi connectivity index (χ4v) is 2.90. The zero-order valence-electron chi connectivity index (χ0n) is 11.8. The molecule has 0 atom stereocenters. The lowest BCUT2D eigenvalue weighted by Gasteiger charge is -1.97. The van der Waals surface area contributed by atoms with E-state index in [0.29, 0.717) is 15.1 Å². The lowest BCUT2D eigenvalue weighted by Crippen LogP contribution is -2.19. The molecular formula is C17H13ClN2OS. The molecule has 22 heavy (non-hydrogen) atoms. The van der Waals surface area contributed by atoms with E-state index in [0.717, 1.165) is 11.3 Å². The van der Waals surface area contributed by atoms with Gasteiger partial charge in [0.05, 0.1) is 10.6 Å². The number of halogens is 1. The Kier molecular flexibility index (Phi) is 4.32. The van der Waals surface area contributed by atoms with Gasteiger partial charge in [-0.25, -0.2) is 4.99 Å². The molecular weight excluding hydrogens is 316 g/mol. The minimum absolute atomic E-state index is 0.134. The molecule has 3 nitrogen and oxygen atoms in total. The quantitative estimate of drug-likeness (QED) is 0.822. The molecule has 1 fully saturated rings. The molecule has 0 saturated carbocycles. The summed E-state index contributed by atoms with van der Waals surface area (Å²) in [6.07, 6.45) is 1.83. The van der Waals surface area contributed by atoms with Crippen LogP contribution in [-0.4, -0.2) is 11.1 Å². The first kappa shape index (κ1) is 14.9. The molecule has 3 rings (SSSR count). The van der Waals surface area contributed by atoms with Crippen molar-refractivity contribution in [2.75, 3.05) is 0 Å². The number of aliphatic imine (C=N–C) groups is 1. The van der Waals surface area contributed by atoms with Crippen LogP contribution in [0.25, 0.3) is 6.08 Å². The van der Waals surface area contributed by atoms with E-state index < -0.39 is 0 Å². The smallest absolute Gasteiger partial charge is 0.264 e. The molecule has 0 spiro atoms. The van der Waals surface area contributed by atoms with Crippen LogP contribution in [0.3, 0.4) is 0 Å². The second-order valence-corrected chi connectivity index (χ2v) is 6.34. The Labute approximate surface area is 138 Å². The average molecular weight is 329 g/mol. The normalized spacial score (nSPS) is 18.0. The fourth-order valence-electron chi connectivity index (χ4n) is 1.93. The molecule has 2 aromatic rings. The molecule has 110 valence electrons. The Bertz CT molecular complexity index is 764. The number of thioether (sulfide) groups is 1. The summed E-state index contributed by atoms with van der Waals surface area (Å²) >= 11 is 7.19. The van der Waals surface area contributed by atoms with Gasteiger partial charge in [-0.05, 0) is 54.6 Å². The predicted molar refractivity (Wildman–Crippen MR) is 93.4 cm³/mol. The highest BCUT2D eigenvalue weighted by atomic mass is 35.5. The summed E-state index contributed by atoms with van der Waals surface area (Å²) < 4.78 is 0. The van der Waals surface area contributed by atoms with E-state index in [4.69, 9.17) is 11.6 Å². The molecule has 0 aromatic heterocycles. The van der Waals surface area contributed by atoms with Crippen molar-refractivity contribution >= 4 is 46.2 Å². The Morgan fingerprint density at radius 1 is 1.09 bits per heavy atom. The van der Waals surface area contributed by atoms with Gasteiger partial charge in [0.2, 0.25) is 0 Å². The van der Waals surface area contributed by atoms with E-state index in [1.807, 2.05) is 49.4 Å². The van der Waals surface area contributed by atoms with Crippen molar-refractivity contribution in [3.05, 3.63) is 69.6 Å². The van der Waals surface area contributed by atoms with E-state index in [9.17, 15) is 4.79 Å². The van der Waals surface area contributed by atoms with Gasteiger partial charge in [0, 0.05) is 5.02 Å². The highest BCUT2D eigenvalue weighted by Crippen LogP contribution is 2.28. The van der Waals surface area contributed by atoms with Crippen molar-refractivity contribution in [2.24, 2.45) is 4.99 Å². The first-order valence-electron chi connectivity index (χ1n) is 6.72. The second kappa shape index (κ2) is 6.38. The molecule has 0 bridgehead atoms. The van der Waals surface area contributed by atoms with E-state index in [1.165, 1.54) is 17.3 Å². The van der Waals surface area contributed by atoms with Crippen molar-refractivity contribution in [3.8, 4) is 0 Å². The number of nitrogens with zero attached hydrogens (tertiary/aromatic N) is 1. The van der Waals surface area contributed by atoms with Crippen LogP contribution in [0.15, 0.2) is 58.4 Å². The predicted octanol–water partition coefficient (Wildman–Crippen LogP) is 4.54. The van der Waals surface area contributed by atoms with Gasteiger partial charge >= 0.3 is 0 Å². The first-order valence-corrected chi connectivity index (χ1v) is 7.91. The number of nitrogens with one attached hydrogen (secondary N) is 1. The summed E-state index contributed by atoms with van der Waals surface area (Å²) in [5.41, 5.74) is 2.93. The van der Waals surface area contributed by atoms with Gasteiger partial charge in [0.25, 0.3) is 5.91 Å². The number of carbonyl (C=O) groups excluding carboxylic acids is 1. The number of rotatable bonds is 2. The van der Waals surface area contributed by atoms with Gasteiger partial charge in [0.15, 0.2) is 5.17 Å². The van der Waals surface area contributed by atoms with Crippen LogP contribution in [0.1, 0.15) is 11.1 Å². The van der Waals surface area contributed by atoms with Crippen molar-refractivity contribution in [1.82, 2.24) is 5.32 Å². The standard InChI is InChI=1S/C17H13ClN2OS/c1-11-2-8-14(9-3-11)19-17-20-16(21)15(22-17)10-12-4-6-13(18)7-5-12/h2-10H,1H3,(H,19,20,21).